The number of hydroxylamine groups is 2. The number of carbonyl (C=O) groups is 1. The summed E-state index contributed by atoms with van der Waals surface area (Å²) in [6, 6.07) is 12.9. The van der Waals surface area contributed by atoms with Crippen molar-refractivity contribution in [1.82, 2.24) is 34.9 Å². The lowest BCUT2D eigenvalue weighted by atomic mass is 10.0. The lowest BCUT2D eigenvalue weighted by Gasteiger charge is -2.19. The topological polar surface area (TPSA) is 142 Å². The molecule has 1 saturated heterocycles. The molecule has 0 aliphatic carbocycles. The maximum absolute atomic E-state index is 14.0. The Morgan fingerprint density at radius 2 is 2.00 bits per heavy atom. The van der Waals surface area contributed by atoms with Gasteiger partial charge in [-0.05, 0) is 42.8 Å². The van der Waals surface area contributed by atoms with Gasteiger partial charge in [-0.25, -0.2) is 24.2 Å². The second-order valence-electron chi connectivity index (χ2n) is 10.1. The average molecular weight is 589 g/mol. The molecule has 0 spiro atoms. The van der Waals surface area contributed by atoms with Crippen molar-refractivity contribution in [1.29, 1.82) is 0 Å². The minimum Gasteiger partial charge on any atom is -0.383 e. The molecule has 5 aromatic rings. The van der Waals surface area contributed by atoms with Gasteiger partial charge >= 0.3 is 11.7 Å². The van der Waals surface area contributed by atoms with Gasteiger partial charge in [0.15, 0.2) is 5.65 Å². The highest BCUT2D eigenvalue weighted by Gasteiger charge is 2.37. The number of rotatable bonds is 8. The number of aromatic nitrogens is 5. The van der Waals surface area contributed by atoms with E-state index in [-0.39, 0.29) is 0 Å². The van der Waals surface area contributed by atoms with Crippen molar-refractivity contribution in [2.24, 2.45) is 7.05 Å². The minimum atomic E-state index is -0.647. The second-order valence-corrected chi connectivity index (χ2v) is 10.1. The summed E-state index contributed by atoms with van der Waals surface area (Å²) < 4.78 is 27.2. The number of urea groups is 1. The number of nitrogens with one attached hydrogen (secondary N) is 2. The maximum Gasteiger partial charge on any atom is 0.367 e. The highest BCUT2D eigenvalue weighted by atomic mass is 19.1. The molecular formula is C29H29FN8O5. The number of fused-ring (bicyclic) bond motifs is 1. The highest BCUT2D eigenvalue weighted by Crippen LogP contribution is 2.32. The van der Waals surface area contributed by atoms with Gasteiger partial charge in [0.2, 0.25) is 5.95 Å². The van der Waals surface area contributed by atoms with Crippen LogP contribution in [0.2, 0.25) is 0 Å². The van der Waals surface area contributed by atoms with Crippen LogP contribution in [0.1, 0.15) is 17.2 Å². The Balaban J connectivity index is 1.32. The summed E-state index contributed by atoms with van der Waals surface area (Å²) in [4.78, 5) is 39.9. The molecule has 1 aliphatic heterocycles. The zero-order valence-corrected chi connectivity index (χ0v) is 23.7. The van der Waals surface area contributed by atoms with E-state index in [1.165, 1.54) is 17.0 Å². The first-order valence-corrected chi connectivity index (χ1v) is 13.5. The molecule has 6 rings (SSSR count). The number of carbonyl (C=O) groups excluding carboxylic acids is 1. The van der Waals surface area contributed by atoms with E-state index in [9.17, 15) is 14.0 Å². The number of ether oxygens (including phenoxy) is 1. The Labute approximate surface area is 244 Å². The molecule has 0 radical (unpaired) electrons. The smallest absolute Gasteiger partial charge is 0.367 e. The van der Waals surface area contributed by atoms with Crippen LogP contribution >= 0.6 is 0 Å². The van der Waals surface area contributed by atoms with Crippen LogP contribution in [-0.2, 0) is 16.6 Å². The van der Waals surface area contributed by atoms with Gasteiger partial charge < -0.3 is 14.6 Å². The molecule has 13 nitrogen and oxygen atoms in total. The highest BCUT2D eigenvalue weighted by molar-refractivity contribution is 5.91. The number of hydrogen-bond donors (Lipinski definition) is 2. The van der Waals surface area contributed by atoms with Gasteiger partial charge in [0.25, 0.3) is 0 Å². The van der Waals surface area contributed by atoms with Crippen LogP contribution in [0.3, 0.4) is 0 Å². The Morgan fingerprint density at radius 3 is 2.77 bits per heavy atom. The number of nitrogens with zero attached hydrogens (tertiary/aromatic N) is 6. The number of anilines is 1. The fraction of sp³-hybridized carbons (Fsp3) is 0.276. The van der Waals surface area contributed by atoms with Gasteiger partial charge in [-0.1, -0.05) is 18.2 Å². The Morgan fingerprint density at radius 1 is 1.19 bits per heavy atom. The van der Waals surface area contributed by atoms with E-state index in [4.69, 9.17) is 19.2 Å². The molecule has 2 amide bonds. The van der Waals surface area contributed by atoms with Gasteiger partial charge in [-0.15, -0.1) is 0 Å². The number of halogens is 1. The van der Waals surface area contributed by atoms with Crippen LogP contribution in [0, 0.1) is 12.9 Å². The van der Waals surface area contributed by atoms with Crippen LogP contribution in [-0.4, -0.2) is 68.4 Å². The maximum atomic E-state index is 14.0. The first-order chi connectivity index (χ1) is 20.8. The number of amides is 2. The second kappa shape index (κ2) is 11.8. The van der Waals surface area contributed by atoms with Crippen LogP contribution in [0.15, 0.2) is 70.2 Å². The zero-order chi connectivity index (χ0) is 30.1. The van der Waals surface area contributed by atoms with E-state index < -0.39 is 29.8 Å². The molecule has 14 heteroatoms. The van der Waals surface area contributed by atoms with Gasteiger partial charge in [-0.2, -0.15) is 19.3 Å². The number of hydrogen-bond acceptors (Lipinski definition) is 9. The van der Waals surface area contributed by atoms with Crippen LogP contribution in [0.5, 0.6) is 0 Å². The normalized spacial score (nSPS) is 17.0. The van der Waals surface area contributed by atoms with E-state index in [1.54, 1.807) is 42.2 Å². The first kappa shape index (κ1) is 28.2. The van der Waals surface area contributed by atoms with Crippen LogP contribution < -0.4 is 16.3 Å². The largest absolute Gasteiger partial charge is 0.383 e. The predicted molar refractivity (Wildman–Crippen MR) is 154 cm³/mol. The van der Waals surface area contributed by atoms with Crippen molar-refractivity contribution in [3.05, 3.63) is 88.4 Å². The number of methoxy groups -OCH3 is 1. The van der Waals surface area contributed by atoms with Crippen molar-refractivity contribution >= 4 is 22.9 Å². The molecule has 0 saturated carbocycles. The monoisotopic (exact) mass is 588 g/mol. The molecule has 2 N–H and O–H groups in total. The molecular weight excluding hydrogens is 559 g/mol. The molecule has 0 bridgehead atoms. The molecule has 1 fully saturated rings. The predicted octanol–water partition coefficient (Wildman–Crippen LogP) is 3.35. The first-order valence-electron chi connectivity index (χ1n) is 13.5. The summed E-state index contributed by atoms with van der Waals surface area (Å²) in [6.07, 6.45) is 2.32. The lowest BCUT2D eigenvalue weighted by Crippen LogP contribution is -2.42. The molecule has 222 valence electrons. The summed E-state index contributed by atoms with van der Waals surface area (Å²) in [5.74, 6) is -0.226. The summed E-state index contributed by atoms with van der Waals surface area (Å²) in [7, 11) is 3.19. The third-order valence-electron chi connectivity index (χ3n) is 7.20. The third-order valence-corrected chi connectivity index (χ3v) is 7.20. The molecule has 43 heavy (non-hydrogen) atoms. The van der Waals surface area contributed by atoms with Crippen molar-refractivity contribution < 1.29 is 23.3 Å². The van der Waals surface area contributed by atoms with Crippen LogP contribution in [0.25, 0.3) is 28.0 Å². The summed E-state index contributed by atoms with van der Waals surface area (Å²) in [6.45, 7) is 3.05. The molecule has 1 aliphatic rings. The zero-order valence-electron chi connectivity index (χ0n) is 23.7. The van der Waals surface area contributed by atoms with Gasteiger partial charge in [0, 0.05) is 50.8 Å². The molecule has 2 atom stereocenters. The number of aryl methyl sites for hydroxylation is 1. The Kier molecular flexibility index (Phi) is 7.71. The van der Waals surface area contributed by atoms with Crippen molar-refractivity contribution in [2.75, 3.05) is 32.1 Å². The van der Waals surface area contributed by atoms with E-state index >= 15 is 0 Å². The Bertz CT molecular complexity index is 1840. The quantitative estimate of drug-likeness (QED) is 0.261. The van der Waals surface area contributed by atoms with Crippen molar-refractivity contribution in [2.45, 2.75) is 19.1 Å². The Hall–Kier alpha value is -4.92. The average Bonchev–Trinajstić information content (AvgIpc) is 3.65. The van der Waals surface area contributed by atoms with Crippen molar-refractivity contribution in [3.8, 4) is 16.9 Å². The van der Waals surface area contributed by atoms with Gasteiger partial charge in [-0.3, -0.25) is 10.2 Å². The summed E-state index contributed by atoms with van der Waals surface area (Å²) in [5, 5.41) is 12.7. The lowest BCUT2D eigenvalue weighted by molar-refractivity contribution is -0.154. The fourth-order valence-electron chi connectivity index (χ4n) is 5.13. The van der Waals surface area contributed by atoms with E-state index in [0.29, 0.717) is 64.6 Å². The summed E-state index contributed by atoms with van der Waals surface area (Å²) in [5.41, 5.74) is 2.91. The number of benzene rings is 1. The van der Waals surface area contributed by atoms with Crippen LogP contribution in [0.4, 0.5) is 15.0 Å². The summed E-state index contributed by atoms with van der Waals surface area (Å²) >= 11 is 0. The molecule has 4 aromatic heterocycles. The van der Waals surface area contributed by atoms with Gasteiger partial charge in [0.05, 0.1) is 24.0 Å². The van der Waals surface area contributed by atoms with E-state index in [2.05, 4.69) is 20.6 Å². The van der Waals surface area contributed by atoms with E-state index in [1.807, 2.05) is 37.3 Å². The van der Waals surface area contributed by atoms with E-state index in [0.717, 1.165) is 0 Å². The van der Waals surface area contributed by atoms with Gasteiger partial charge in [0.1, 0.15) is 17.3 Å². The SMILES string of the molecule is COCCN1C[C@@H](NC(=O)Nc2c(C)c(-c3cnc4c(c3)c(=O)on4C)nn2-c2ccccc2)[C@H](c2ccnc(F)c2)O1. The van der Waals surface area contributed by atoms with Crippen molar-refractivity contribution in [3.63, 3.8) is 0 Å². The minimum absolute atomic E-state index is 0.318. The number of para-hydroxylation sites is 1. The molecule has 5 heterocycles. The standard InChI is InChI=1S/C29H29FN8O5/c1-17-24(19-13-21-27(32-15-19)36(2)43-28(21)39)35-38(20-7-5-4-6-8-20)26(17)34-29(40)33-22-16-37(11-12-41-3)42-25(22)18-9-10-31-23(30)14-18/h4-10,13-15,22,25H,11-12,16H2,1-3H3,(H2,33,34,40)/t22-,25+/m1/s1. The fourth-order valence-corrected chi connectivity index (χ4v) is 5.13. The number of pyridine rings is 2. The third kappa shape index (κ3) is 5.62. The molecule has 1 aromatic carbocycles. The molecule has 0 unspecified atom stereocenters.